The Morgan fingerprint density at radius 1 is 1.19 bits per heavy atom. The number of hydrogen-bond acceptors (Lipinski definition) is 5. The summed E-state index contributed by atoms with van der Waals surface area (Å²) in [6.07, 6.45) is 3.04. The summed E-state index contributed by atoms with van der Waals surface area (Å²) < 4.78 is 10.3. The number of hydrogen-bond donors (Lipinski definition) is 0. The van der Waals surface area contributed by atoms with Gasteiger partial charge in [0.2, 0.25) is 0 Å². The lowest BCUT2D eigenvalue weighted by atomic mass is 10.1. The van der Waals surface area contributed by atoms with Crippen LogP contribution in [0, 0.1) is 0 Å². The molecular formula is C16H14O4S. The lowest BCUT2D eigenvalue weighted by Gasteiger charge is -2.08. The maximum atomic E-state index is 11.8. The molecule has 0 spiro atoms. The van der Waals surface area contributed by atoms with Crippen molar-refractivity contribution in [2.75, 3.05) is 7.11 Å². The van der Waals surface area contributed by atoms with Gasteiger partial charge in [-0.2, -0.15) is 0 Å². The molecule has 5 heteroatoms. The van der Waals surface area contributed by atoms with E-state index in [2.05, 4.69) is 0 Å². The molecular weight excluding hydrogens is 288 g/mol. The highest BCUT2D eigenvalue weighted by atomic mass is 32.1. The average molecular weight is 302 g/mol. The van der Waals surface area contributed by atoms with Gasteiger partial charge in [-0.15, -0.1) is 11.3 Å². The summed E-state index contributed by atoms with van der Waals surface area (Å²) in [5.41, 5.74) is 0.501. The van der Waals surface area contributed by atoms with Crippen LogP contribution in [0.1, 0.15) is 22.2 Å². The van der Waals surface area contributed by atoms with Gasteiger partial charge in [-0.05, 0) is 42.6 Å². The van der Waals surface area contributed by atoms with E-state index in [1.54, 1.807) is 24.3 Å². The number of benzene rings is 1. The van der Waals surface area contributed by atoms with E-state index in [1.807, 2.05) is 17.5 Å². The number of esters is 1. The molecule has 0 aliphatic rings. The van der Waals surface area contributed by atoms with Crippen LogP contribution in [-0.2, 0) is 4.79 Å². The summed E-state index contributed by atoms with van der Waals surface area (Å²) in [4.78, 5) is 24.0. The van der Waals surface area contributed by atoms with E-state index < -0.39 is 5.97 Å². The predicted octanol–water partition coefficient (Wildman–Crippen LogP) is 3.58. The fourth-order valence-corrected chi connectivity index (χ4v) is 2.27. The highest BCUT2D eigenvalue weighted by Gasteiger charge is 2.10. The number of methoxy groups -OCH3 is 1. The second-order valence-electron chi connectivity index (χ2n) is 4.19. The fraction of sp³-hybridized carbons (Fsp3) is 0.125. The van der Waals surface area contributed by atoms with Crippen molar-refractivity contribution in [1.82, 2.24) is 0 Å². The molecule has 0 saturated heterocycles. The van der Waals surface area contributed by atoms with Crippen LogP contribution in [-0.4, -0.2) is 18.9 Å². The number of carbonyl (C=O) groups excluding carboxylic acids is 2. The van der Waals surface area contributed by atoms with Gasteiger partial charge in [0.15, 0.2) is 17.3 Å². The van der Waals surface area contributed by atoms with Gasteiger partial charge in [0.25, 0.3) is 0 Å². The van der Waals surface area contributed by atoms with Crippen molar-refractivity contribution in [3.05, 3.63) is 52.2 Å². The molecule has 2 aromatic rings. The average Bonchev–Trinajstić information content (AvgIpc) is 2.98. The minimum atomic E-state index is -0.503. The lowest BCUT2D eigenvalue weighted by Crippen LogP contribution is -2.05. The van der Waals surface area contributed by atoms with Gasteiger partial charge in [-0.1, -0.05) is 6.07 Å². The Morgan fingerprint density at radius 2 is 2.00 bits per heavy atom. The monoisotopic (exact) mass is 302 g/mol. The van der Waals surface area contributed by atoms with Crippen LogP contribution in [0.3, 0.4) is 0 Å². The number of carbonyl (C=O) groups is 2. The topological polar surface area (TPSA) is 52.6 Å². The van der Waals surface area contributed by atoms with E-state index in [0.29, 0.717) is 11.3 Å². The molecule has 1 heterocycles. The van der Waals surface area contributed by atoms with E-state index in [9.17, 15) is 9.59 Å². The molecule has 0 bridgehead atoms. The van der Waals surface area contributed by atoms with E-state index in [0.717, 1.165) is 4.88 Å². The van der Waals surface area contributed by atoms with Crippen LogP contribution in [0.2, 0.25) is 0 Å². The lowest BCUT2D eigenvalue weighted by molar-refractivity contribution is -0.129. The zero-order valence-electron chi connectivity index (χ0n) is 11.7. The van der Waals surface area contributed by atoms with Gasteiger partial charge < -0.3 is 9.47 Å². The van der Waals surface area contributed by atoms with Crippen molar-refractivity contribution < 1.29 is 19.1 Å². The summed E-state index contributed by atoms with van der Waals surface area (Å²) in [6, 6.07) is 8.49. The Kier molecular flexibility index (Phi) is 4.90. The molecule has 0 amide bonds. The SMILES string of the molecule is COc1cc(C(C)=O)ccc1OC(=O)/C=C/c1cccs1. The first-order chi connectivity index (χ1) is 10.1. The Balaban J connectivity index is 2.11. The fourth-order valence-electron chi connectivity index (χ4n) is 1.65. The first kappa shape index (κ1) is 15.0. The van der Waals surface area contributed by atoms with Crippen LogP contribution in [0.25, 0.3) is 6.08 Å². The van der Waals surface area contributed by atoms with Gasteiger partial charge in [0.1, 0.15) is 0 Å². The van der Waals surface area contributed by atoms with Crippen molar-refractivity contribution in [3.63, 3.8) is 0 Å². The maximum Gasteiger partial charge on any atom is 0.336 e. The zero-order chi connectivity index (χ0) is 15.2. The molecule has 0 saturated carbocycles. The van der Waals surface area contributed by atoms with Gasteiger partial charge in [0.05, 0.1) is 7.11 Å². The third-order valence-electron chi connectivity index (χ3n) is 2.71. The molecule has 0 aliphatic carbocycles. The highest BCUT2D eigenvalue weighted by Crippen LogP contribution is 2.28. The molecule has 1 aromatic heterocycles. The summed E-state index contributed by atoms with van der Waals surface area (Å²) in [7, 11) is 1.46. The largest absolute Gasteiger partial charge is 0.493 e. The Hall–Kier alpha value is -2.40. The first-order valence-electron chi connectivity index (χ1n) is 6.22. The quantitative estimate of drug-likeness (QED) is 0.367. The molecule has 2 rings (SSSR count). The van der Waals surface area contributed by atoms with Crippen LogP contribution in [0.5, 0.6) is 11.5 Å². The molecule has 0 fully saturated rings. The normalized spacial score (nSPS) is 10.6. The molecule has 0 aliphatic heterocycles. The molecule has 0 unspecified atom stereocenters. The van der Waals surface area contributed by atoms with E-state index in [1.165, 1.54) is 31.4 Å². The van der Waals surface area contributed by atoms with Crippen molar-refractivity contribution in [3.8, 4) is 11.5 Å². The number of ether oxygens (including phenoxy) is 2. The molecule has 4 nitrogen and oxygen atoms in total. The van der Waals surface area contributed by atoms with Crippen LogP contribution < -0.4 is 9.47 Å². The summed E-state index contributed by atoms with van der Waals surface area (Å²) >= 11 is 1.53. The second-order valence-corrected chi connectivity index (χ2v) is 5.17. The highest BCUT2D eigenvalue weighted by molar-refractivity contribution is 7.10. The maximum absolute atomic E-state index is 11.8. The molecule has 108 valence electrons. The van der Waals surface area contributed by atoms with Gasteiger partial charge >= 0.3 is 5.97 Å². The van der Waals surface area contributed by atoms with Crippen molar-refractivity contribution in [1.29, 1.82) is 0 Å². The van der Waals surface area contributed by atoms with Crippen LogP contribution in [0.4, 0.5) is 0 Å². The molecule has 21 heavy (non-hydrogen) atoms. The third kappa shape index (κ3) is 4.03. The van der Waals surface area contributed by atoms with Gasteiger partial charge in [-0.3, -0.25) is 4.79 Å². The Bertz CT molecular complexity index is 672. The number of thiophene rings is 1. The summed E-state index contributed by atoms with van der Waals surface area (Å²) in [6.45, 7) is 1.46. The van der Waals surface area contributed by atoms with Gasteiger partial charge in [-0.25, -0.2) is 4.79 Å². The molecule has 1 aromatic carbocycles. The summed E-state index contributed by atoms with van der Waals surface area (Å²) in [5.74, 6) is 0.0462. The van der Waals surface area contributed by atoms with Crippen LogP contribution >= 0.6 is 11.3 Å². The van der Waals surface area contributed by atoms with Crippen molar-refractivity contribution in [2.24, 2.45) is 0 Å². The Morgan fingerprint density at radius 3 is 2.62 bits per heavy atom. The van der Waals surface area contributed by atoms with Crippen LogP contribution in [0.15, 0.2) is 41.8 Å². The van der Waals surface area contributed by atoms with E-state index >= 15 is 0 Å². The minimum Gasteiger partial charge on any atom is -0.493 e. The number of Topliss-reactive ketones (excluding diaryl/α,β-unsaturated/α-hetero) is 1. The predicted molar refractivity (Wildman–Crippen MR) is 82.0 cm³/mol. The molecule has 0 N–H and O–H groups in total. The number of rotatable bonds is 5. The van der Waals surface area contributed by atoms with Crippen molar-refractivity contribution >= 4 is 29.2 Å². The Labute approximate surface area is 126 Å². The van der Waals surface area contributed by atoms with Crippen molar-refractivity contribution in [2.45, 2.75) is 6.92 Å². The minimum absolute atomic E-state index is 0.0798. The summed E-state index contributed by atoms with van der Waals surface area (Å²) in [5, 5.41) is 1.93. The zero-order valence-corrected chi connectivity index (χ0v) is 12.5. The first-order valence-corrected chi connectivity index (χ1v) is 7.10. The second kappa shape index (κ2) is 6.85. The van der Waals surface area contributed by atoms with Gasteiger partial charge in [0, 0.05) is 16.5 Å². The van der Waals surface area contributed by atoms with E-state index in [-0.39, 0.29) is 11.5 Å². The van der Waals surface area contributed by atoms with E-state index in [4.69, 9.17) is 9.47 Å². The smallest absolute Gasteiger partial charge is 0.336 e. The standard InChI is InChI=1S/C16H14O4S/c1-11(17)12-5-7-14(15(10-12)19-2)20-16(18)8-6-13-4-3-9-21-13/h3-10H,1-2H3/b8-6+. The third-order valence-corrected chi connectivity index (χ3v) is 3.55. The molecule has 0 atom stereocenters. The number of ketones is 1. The molecule has 0 radical (unpaired) electrons.